The van der Waals surface area contributed by atoms with E-state index in [1.54, 1.807) is 6.07 Å². The monoisotopic (exact) mass is 284 g/mol. The molecule has 0 saturated heterocycles. The Balaban J connectivity index is 2.71. The number of methoxy groups -OCH3 is 2. The number of halogens is 1. The third-order valence-electron chi connectivity index (χ3n) is 2.18. The largest absolute Gasteiger partial charge is 0.492 e. The van der Waals surface area contributed by atoms with Crippen LogP contribution in [-0.4, -0.2) is 20.2 Å². The predicted molar refractivity (Wildman–Crippen MR) is 61.8 cm³/mol. The SMILES string of the molecule is COC(=O)c1oc2ccc(Br)cc2c1OC. The molecule has 84 valence electrons. The van der Waals surface area contributed by atoms with Crippen LogP contribution in [0.25, 0.3) is 11.0 Å². The minimum Gasteiger partial charge on any atom is -0.492 e. The molecule has 0 unspecified atom stereocenters. The zero-order chi connectivity index (χ0) is 11.7. The molecule has 0 fully saturated rings. The number of hydrogen-bond donors (Lipinski definition) is 0. The zero-order valence-electron chi connectivity index (χ0n) is 8.74. The highest BCUT2D eigenvalue weighted by Gasteiger charge is 2.22. The van der Waals surface area contributed by atoms with Gasteiger partial charge in [0, 0.05) is 4.47 Å². The minimum atomic E-state index is -0.552. The number of ether oxygens (including phenoxy) is 2. The molecule has 0 radical (unpaired) electrons. The van der Waals surface area contributed by atoms with Gasteiger partial charge in [-0.3, -0.25) is 0 Å². The van der Waals surface area contributed by atoms with E-state index >= 15 is 0 Å². The van der Waals surface area contributed by atoms with Crippen LogP contribution in [0.1, 0.15) is 10.6 Å². The van der Waals surface area contributed by atoms with E-state index in [2.05, 4.69) is 20.7 Å². The molecule has 0 atom stereocenters. The van der Waals surface area contributed by atoms with E-state index in [-0.39, 0.29) is 5.76 Å². The second-order valence-electron chi connectivity index (χ2n) is 3.10. The predicted octanol–water partition coefficient (Wildman–Crippen LogP) is 2.99. The number of carbonyl (C=O) groups is 1. The summed E-state index contributed by atoms with van der Waals surface area (Å²) < 4.78 is 16.0. The van der Waals surface area contributed by atoms with Crippen molar-refractivity contribution in [3.8, 4) is 5.75 Å². The molecular formula is C11H9BrO4. The molecule has 5 heteroatoms. The maximum atomic E-state index is 11.4. The summed E-state index contributed by atoms with van der Waals surface area (Å²) in [6.07, 6.45) is 0. The van der Waals surface area contributed by atoms with Crippen LogP contribution in [0, 0.1) is 0 Å². The maximum absolute atomic E-state index is 11.4. The molecule has 0 aliphatic carbocycles. The maximum Gasteiger partial charge on any atom is 0.377 e. The Hall–Kier alpha value is -1.49. The van der Waals surface area contributed by atoms with E-state index in [4.69, 9.17) is 9.15 Å². The molecule has 0 aliphatic rings. The lowest BCUT2D eigenvalue weighted by Crippen LogP contribution is -2.01. The van der Waals surface area contributed by atoms with E-state index in [0.29, 0.717) is 11.3 Å². The van der Waals surface area contributed by atoms with Crippen LogP contribution in [-0.2, 0) is 4.74 Å². The Bertz CT molecular complexity index is 544. The Kier molecular flexibility index (Phi) is 2.87. The summed E-state index contributed by atoms with van der Waals surface area (Å²) in [5, 5.41) is 0.734. The van der Waals surface area contributed by atoms with Gasteiger partial charge in [-0.05, 0) is 18.2 Å². The normalized spacial score (nSPS) is 10.4. The van der Waals surface area contributed by atoms with Gasteiger partial charge in [-0.1, -0.05) is 15.9 Å². The lowest BCUT2D eigenvalue weighted by atomic mass is 10.2. The van der Waals surface area contributed by atoms with E-state index in [1.807, 2.05) is 12.1 Å². The fraction of sp³-hybridized carbons (Fsp3) is 0.182. The van der Waals surface area contributed by atoms with Crippen LogP contribution in [0.3, 0.4) is 0 Å². The van der Waals surface area contributed by atoms with Crippen molar-refractivity contribution in [2.24, 2.45) is 0 Å². The summed E-state index contributed by atoms with van der Waals surface area (Å²) in [4.78, 5) is 11.4. The van der Waals surface area contributed by atoms with Gasteiger partial charge in [-0.15, -0.1) is 0 Å². The quantitative estimate of drug-likeness (QED) is 0.796. The second-order valence-corrected chi connectivity index (χ2v) is 4.01. The molecule has 2 rings (SSSR count). The van der Waals surface area contributed by atoms with Crippen LogP contribution in [0.2, 0.25) is 0 Å². The second kappa shape index (κ2) is 4.17. The van der Waals surface area contributed by atoms with Crippen molar-refractivity contribution in [2.45, 2.75) is 0 Å². The zero-order valence-corrected chi connectivity index (χ0v) is 10.3. The molecule has 0 amide bonds. The van der Waals surface area contributed by atoms with Crippen molar-refractivity contribution in [1.29, 1.82) is 0 Å². The first kappa shape index (κ1) is 11.0. The molecule has 16 heavy (non-hydrogen) atoms. The van der Waals surface area contributed by atoms with E-state index in [1.165, 1.54) is 14.2 Å². The average molecular weight is 285 g/mol. The van der Waals surface area contributed by atoms with Crippen LogP contribution in [0.5, 0.6) is 5.75 Å². The summed E-state index contributed by atoms with van der Waals surface area (Å²) in [6, 6.07) is 5.41. The standard InChI is InChI=1S/C11H9BrO4/c1-14-9-7-5-6(12)3-4-8(7)16-10(9)11(13)15-2/h3-5H,1-2H3. The van der Waals surface area contributed by atoms with Gasteiger partial charge in [0.15, 0.2) is 5.75 Å². The number of fused-ring (bicyclic) bond motifs is 1. The van der Waals surface area contributed by atoms with Crippen LogP contribution < -0.4 is 4.74 Å². The molecule has 1 heterocycles. The molecule has 0 spiro atoms. The van der Waals surface area contributed by atoms with E-state index in [9.17, 15) is 4.79 Å². The first-order valence-electron chi connectivity index (χ1n) is 4.51. The molecule has 4 nitrogen and oxygen atoms in total. The molecule has 0 bridgehead atoms. The van der Waals surface area contributed by atoms with Crippen molar-refractivity contribution >= 4 is 32.9 Å². The first-order valence-corrected chi connectivity index (χ1v) is 5.31. The fourth-order valence-electron chi connectivity index (χ4n) is 1.48. The molecule has 0 N–H and O–H groups in total. The topological polar surface area (TPSA) is 48.7 Å². The van der Waals surface area contributed by atoms with E-state index < -0.39 is 5.97 Å². The van der Waals surface area contributed by atoms with Gasteiger partial charge < -0.3 is 13.9 Å². The van der Waals surface area contributed by atoms with Crippen molar-refractivity contribution in [2.75, 3.05) is 14.2 Å². The summed E-state index contributed by atoms with van der Waals surface area (Å²) in [7, 11) is 2.78. The number of esters is 1. The summed E-state index contributed by atoms with van der Waals surface area (Å²) in [6.45, 7) is 0. The third kappa shape index (κ3) is 1.67. The number of furan rings is 1. The summed E-state index contributed by atoms with van der Waals surface area (Å²) >= 11 is 3.35. The van der Waals surface area contributed by atoms with Crippen molar-refractivity contribution in [3.63, 3.8) is 0 Å². The van der Waals surface area contributed by atoms with Gasteiger partial charge in [0.25, 0.3) is 5.76 Å². The van der Waals surface area contributed by atoms with Gasteiger partial charge in [0.2, 0.25) is 0 Å². The van der Waals surface area contributed by atoms with Crippen molar-refractivity contribution in [3.05, 3.63) is 28.4 Å². The molecule has 1 aromatic carbocycles. The Morgan fingerprint density at radius 2 is 2.12 bits per heavy atom. The Labute approximate surface area is 100 Å². The smallest absolute Gasteiger partial charge is 0.377 e. The molecule has 0 aliphatic heterocycles. The highest BCUT2D eigenvalue weighted by Crippen LogP contribution is 2.34. The van der Waals surface area contributed by atoms with Gasteiger partial charge in [-0.2, -0.15) is 0 Å². The number of hydrogen-bond acceptors (Lipinski definition) is 4. The highest BCUT2D eigenvalue weighted by atomic mass is 79.9. The summed E-state index contributed by atoms with van der Waals surface area (Å²) in [5.41, 5.74) is 0.584. The van der Waals surface area contributed by atoms with Crippen molar-refractivity contribution in [1.82, 2.24) is 0 Å². The molecule has 1 aromatic heterocycles. The van der Waals surface area contributed by atoms with Gasteiger partial charge in [0.1, 0.15) is 5.58 Å². The highest BCUT2D eigenvalue weighted by molar-refractivity contribution is 9.10. The first-order chi connectivity index (χ1) is 7.67. The average Bonchev–Trinajstić information content (AvgIpc) is 2.65. The number of carbonyl (C=O) groups excluding carboxylic acids is 1. The van der Waals surface area contributed by atoms with E-state index in [0.717, 1.165) is 9.86 Å². The van der Waals surface area contributed by atoms with Crippen LogP contribution in [0.4, 0.5) is 0 Å². The van der Waals surface area contributed by atoms with Crippen LogP contribution in [0.15, 0.2) is 27.1 Å². The molecule has 2 aromatic rings. The van der Waals surface area contributed by atoms with Crippen molar-refractivity contribution < 1.29 is 18.7 Å². The summed E-state index contributed by atoms with van der Waals surface area (Å²) in [5.74, 6) is -0.0783. The van der Waals surface area contributed by atoms with Gasteiger partial charge in [0.05, 0.1) is 19.6 Å². The van der Waals surface area contributed by atoms with Gasteiger partial charge in [-0.25, -0.2) is 4.79 Å². The van der Waals surface area contributed by atoms with Gasteiger partial charge >= 0.3 is 5.97 Å². The lowest BCUT2D eigenvalue weighted by Gasteiger charge is -1.99. The molecular weight excluding hydrogens is 276 g/mol. The third-order valence-corrected chi connectivity index (χ3v) is 2.67. The Morgan fingerprint density at radius 1 is 1.38 bits per heavy atom. The number of rotatable bonds is 2. The molecule has 0 saturated carbocycles. The Morgan fingerprint density at radius 3 is 2.75 bits per heavy atom. The lowest BCUT2D eigenvalue weighted by molar-refractivity contribution is 0.0563. The van der Waals surface area contributed by atoms with Crippen LogP contribution >= 0.6 is 15.9 Å². The fourth-order valence-corrected chi connectivity index (χ4v) is 1.84. The number of benzene rings is 1. The minimum absolute atomic E-state index is 0.0816.